The van der Waals surface area contributed by atoms with Crippen LogP contribution in [0, 0.1) is 0 Å². The second-order valence-electron chi connectivity index (χ2n) is 7.65. The molecule has 0 unspecified atom stereocenters. The number of carbonyl (C=O) groups excluding carboxylic acids is 3. The van der Waals surface area contributed by atoms with E-state index in [9.17, 15) is 19.2 Å². The Kier molecular flexibility index (Phi) is 6.53. The summed E-state index contributed by atoms with van der Waals surface area (Å²) in [6.07, 6.45) is 2.11. The van der Waals surface area contributed by atoms with Gasteiger partial charge < -0.3 is 19.0 Å². The zero-order chi connectivity index (χ0) is 23.4. The van der Waals surface area contributed by atoms with Crippen LogP contribution in [-0.4, -0.2) is 70.1 Å². The second kappa shape index (κ2) is 9.68. The van der Waals surface area contributed by atoms with Gasteiger partial charge in [0, 0.05) is 38.1 Å². The molecule has 2 amide bonds. The summed E-state index contributed by atoms with van der Waals surface area (Å²) in [6, 6.07) is 9.94. The number of furan rings is 1. The third-order valence-corrected chi connectivity index (χ3v) is 5.47. The molecule has 0 saturated carbocycles. The van der Waals surface area contributed by atoms with Crippen molar-refractivity contribution in [2.24, 2.45) is 0 Å². The third kappa shape index (κ3) is 4.64. The number of benzene rings is 1. The van der Waals surface area contributed by atoms with E-state index in [-0.39, 0.29) is 28.8 Å². The van der Waals surface area contributed by atoms with E-state index in [0.717, 1.165) is 0 Å². The molecule has 1 aliphatic rings. The van der Waals surface area contributed by atoms with Gasteiger partial charge in [-0.05, 0) is 24.6 Å². The van der Waals surface area contributed by atoms with Crippen LogP contribution in [-0.2, 0) is 16.1 Å². The van der Waals surface area contributed by atoms with Crippen LogP contribution in [0.4, 0.5) is 0 Å². The molecule has 1 aliphatic heterocycles. The average molecular weight is 452 g/mol. The summed E-state index contributed by atoms with van der Waals surface area (Å²) in [5.41, 5.74) is -0.276. The number of ether oxygens (including phenoxy) is 1. The Hall–Kier alpha value is -3.95. The predicted octanol–water partition coefficient (Wildman–Crippen LogP) is 1.54. The lowest BCUT2D eigenvalue weighted by Gasteiger charge is -2.34. The lowest BCUT2D eigenvalue weighted by atomic mass is 10.1. The summed E-state index contributed by atoms with van der Waals surface area (Å²) in [5.74, 6) is -1.10. The highest BCUT2D eigenvalue weighted by molar-refractivity contribution is 6.02. The molecule has 10 heteroatoms. The Morgan fingerprint density at radius 2 is 1.70 bits per heavy atom. The summed E-state index contributed by atoms with van der Waals surface area (Å²) in [5, 5.41) is 4.94. The first-order valence-electron chi connectivity index (χ1n) is 10.8. The molecule has 3 aromatic rings. The van der Waals surface area contributed by atoms with Crippen LogP contribution in [0.15, 0.2) is 51.9 Å². The summed E-state index contributed by atoms with van der Waals surface area (Å²) in [4.78, 5) is 53.4. The maximum atomic E-state index is 12.8. The highest BCUT2D eigenvalue weighted by Crippen LogP contribution is 2.15. The zero-order valence-electron chi connectivity index (χ0n) is 18.2. The van der Waals surface area contributed by atoms with Crippen LogP contribution in [0.2, 0.25) is 0 Å². The van der Waals surface area contributed by atoms with Crippen molar-refractivity contribution in [3.05, 3.63) is 64.5 Å². The maximum absolute atomic E-state index is 12.8. The number of rotatable bonds is 6. The van der Waals surface area contributed by atoms with E-state index in [1.165, 1.54) is 10.9 Å². The van der Waals surface area contributed by atoms with Gasteiger partial charge in [-0.25, -0.2) is 9.48 Å². The molecule has 172 valence electrons. The number of amides is 2. The number of hydrogen-bond acceptors (Lipinski definition) is 7. The molecule has 1 fully saturated rings. The standard InChI is InChI=1S/C23H24N4O6/c1-2-9-27-21(29)17-7-4-3-6-16(17)20(24-27)23(31)33-15-19(28)25-10-12-26(13-11-25)22(30)18-8-5-14-32-18/h3-8,14H,2,9-13,15H2,1H3. The third-order valence-electron chi connectivity index (χ3n) is 5.47. The first kappa shape index (κ1) is 22.3. The van der Waals surface area contributed by atoms with Crippen LogP contribution in [0.25, 0.3) is 10.8 Å². The van der Waals surface area contributed by atoms with Crippen molar-refractivity contribution in [1.82, 2.24) is 19.6 Å². The Morgan fingerprint density at radius 1 is 1.00 bits per heavy atom. The average Bonchev–Trinajstić information content (AvgIpc) is 3.39. The first-order chi connectivity index (χ1) is 16.0. The number of aromatic nitrogens is 2. The van der Waals surface area contributed by atoms with E-state index in [2.05, 4.69) is 5.10 Å². The van der Waals surface area contributed by atoms with Crippen molar-refractivity contribution in [3.63, 3.8) is 0 Å². The van der Waals surface area contributed by atoms with Gasteiger partial charge in [0.25, 0.3) is 17.4 Å². The number of piperazine rings is 1. The van der Waals surface area contributed by atoms with Gasteiger partial charge >= 0.3 is 5.97 Å². The number of carbonyl (C=O) groups is 3. The second-order valence-corrected chi connectivity index (χ2v) is 7.65. The highest BCUT2D eigenvalue weighted by atomic mass is 16.5. The molecule has 1 aromatic carbocycles. The van der Waals surface area contributed by atoms with Crippen molar-refractivity contribution >= 4 is 28.6 Å². The fourth-order valence-electron chi connectivity index (χ4n) is 3.75. The molecule has 3 heterocycles. The van der Waals surface area contributed by atoms with Crippen LogP contribution in [0.5, 0.6) is 0 Å². The van der Waals surface area contributed by atoms with E-state index in [4.69, 9.17) is 9.15 Å². The van der Waals surface area contributed by atoms with E-state index in [0.29, 0.717) is 49.9 Å². The van der Waals surface area contributed by atoms with Gasteiger partial charge in [0.1, 0.15) is 0 Å². The molecule has 0 spiro atoms. The lowest BCUT2D eigenvalue weighted by Crippen LogP contribution is -2.51. The van der Waals surface area contributed by atoms with E-state index in [1.54, 1.807) is 46.2 Å². The summed E-state index contributed by atoms with van der Waals surface area (Å²) < 4.78 is 11.6. The largest absolute Gasteiger partial charge is 0.459 e. The molecular weight excluding hydrogens is 428 g/mol. The van der Waals surface area contributed by atoms with Crippen molar-refractivity contribution in [2.75, 3.05) is 32.8 Å². The van der Waals surface area contributed by atoms with E-state index < -0.39 is 12.6 Å². The molecule has 0 radical (unpaired) electrons. The molecule has 1 saturated heterocycles. The minimum absolute atomic E-state index is 0.000291. The summed E-state index contributed by atoms with van der Waals surface area (Å²) >= 11 is 0. The van der Waals surface area contributed by atoms with Crippen molar-refractivity contribution < 1.29 is 23.5 Å². The Labute approximate surface area is 189 Å². The SMILES string of the molecule is CCCn1nc(C(=O)OCC(=O)N2CCN(C(=O)c3ccco3)CC2)c2ccccc2c1=O. The molecule has 0 bridgehead atoms. The van der Waals surface area contributed by atoms with E-state index >= 15 is 0 Å². The normalized spacial score (nSPS) is 13.8. The molecule has 10 nitrogen and oxygen atoms in total. The maximum Gasteiger partial charge on any atom is 0.359 e. The van der Waals surface area contributed by atoms with Crippen LogP contribution < -0.4 is 5.56 Å². The lowest BCUT2D eigenvalue weighted by molar-refractivity contribution is -0.136. The molecule has 33 heavy (non-hydrogen) atoms. The van der Waals surface area contributed by atoms with Gasteiger partial charge in [-0.2, -0.15) is 5.10 Å². The van der Waals surface area contributed by atoms with Crippen molar-refractivity contribution in [1.29, 1.82) is 0 Å². The van der Waals surface area contributed by atoms with Crippen LogP contribution in [0.1, 0.15) is 34.4 Å². The van der Waals surface area contributed by atoms with Gasteiger partial charge in [-0.1, -0.05) is 25.1 Å². The summed E-state index contributed by atoms with van der Waals surface area (Å²) in [7, 11) is 0. The molecule has 0 atom stereocenters. The van der Waals surface area contributed by atoms with Gasteiger partial charge in [0.15, 0.2) is 18.1 Å². The predicted molar refractivity (Wildman–Crippen MR) is 118 cm³/mol. The molecule has 4 rings (SSSR count). The number of aryl methyl sites for hydroxylation is 1. The zero-order valence-corrected chi connectivity index (χ0v) is 18.2. The Morgan fingerprint density at radius 3 is 2.36 bits per heavy atom. The van der Waals surface area contributed by atoms with Crippen LogP contribution in [0.3, 0.4) is 0 Å². The summed E-state index contributed by atoms with van der Waals surface area (Å²) in [6.45, 7) is 3.18. The molecular formula is C23H24N4O6. The minimum atomic E-state index is -0.768. The van der Waals surface area contributed by atoms with Gasteiger partial charge in [0.05, 0.1) is 11.6 Å². The number of fused-ring (bicyclic) bond motifs is 1. The van der Waals surface area contributed by atoms with Crippen LogP contribution >= 0.6 is 0 Å². The first-order valence-corrected chi connectivity index (χ1v) is 10.8. The number of nitrogens with zero attached hydrogens (tertiary/aromatic N) is 4. The van der Waals surface area contributed by atoms with Gasteiger partial charge in [-0.15, -0.1) is 0 Å². The number of esters is 1. The molecule has 2 aromatic heterocycles. The quantitative estimate of drug-likeness (QED) is 0.521. The van der Waals surface area contributed by atoms with Gasteiger partial charge in [0.2, 0.25) is 0 Å². The topological polar surface area (TPSA) is 115 Å². The fourth-order valence-corrected chi connectivity index (χ4v) is 3.75. The van der Waals surface area contributed by atoms with Crippen molar-refractivity contribution in [2.45, 2.75) is 19.9 Å². The van der Waals surface area contributed by atoms with Gasteiger partial charge in [-0.3, -0.25) is 14.4 Å². The monoisotopic (exact) mass is 452 g/mol. The van der Waals surface area contributed by atoms with Crippen molar-refractivity contribution in [3.8, 4) is 0 Å². The fraction of sp³-hybridized carbons (Fsp3) is 0.348. The smallest absolute Gasteiger partial charge is 0.359 e. The Bertz CT molecular complexity index is 1230. The minimum Gasteiger partial charge on any atom is -0.459 e. The number of hydrogen-bond donors (Lipinski definition) is 0. The Balaban J connectivity index is 1.39. The highest BCUT2D eigenvalue weighted by Gasteiger charge is 2.27. The molecule has 0 aliphatic carbocycles. The van der Waals surface area contributed by atoms with E-state index in [1.807, 2.05) is 6.92 Å². The molecule has 0 N–H and O–H groups in total.